The molecule has 0 aliphatic heterocycles. The molecule has 0 aliphatic rings. The molecule has 4 heterocycles. The maximum absolute atomic E-state index is 14.3. The smallest absolute Gasteiger partial charge is 0.264 e. The fourth-order valence-electron chi connectivity index (χ4n) is 4.70. The molecule has 6 rings (SSSR count). The number of hydrogen-bond donors (Lipinski definition) is 2. The lowest BCUT2D eigenvalue weighted by atomic mass is 10.0. The molecule has 0 radical (unpaired) electrons. The van der Waals surface area contributed by atoms with E-state index in [0.29, 0.717) is 55.3 Å². The van der Waals surface area contributed by atoms with Crippen LogP contribution in [-0.2, 0) is 0 Å². The van der Waals surface area contributed by atoms with Gasteiger partial charge in [-0.25, -0.2) is 15.0 Å². The van der Waals surface area contributed by atoms with Crippen molar-refractivity contribution in [2.75, 3.05) is 5.32 Å². The summed E-state index contributed by atoms with van der Waals surface area (Å²) in [5.41, 5.74) is 2.18. The van der Waals surface area contributed by atoms with Crippen LogP contribution in [0.15, 0.2) is 101 Å². The van der Waals surface area contributed by atoms with Crippen LogP contribution in [0.25, 0.3) is 27.5 Å². The second kappa shape index (κ2) is 10.5. The Bertz CT molecular complexity index is 2060. The van der Waals surface area contributed by atoms with Gasteiger partial charge in [-0.3, -0.25) is 14.2 Å². The lowest BCUT2D eigenvalue weighted by Gasteiger charge is -2.23. The van der Waals surface area contributed by atoms with Gasteiger partial charge in [-0.1, -0.05) is 53.9 Å². The molecule has 0 bridgehead atoms. The number of pyridine rings is 3. The van der Waals surface area contributed by atoms with Crippen molar-refractivity contribution in [3.8, 4) is 17.5 Å². The Morgan fingerprint density at radius 2 is 1.73 bits per heavy atom. The van der Waals surface area contributed by atoms with E-state index in [2.05, 4.69) is 37.1 Å². The number of anilines is 1. The second-order valence-corrected chi connectivity index (χ2v) is 9.40. The van der Waals surface area contributed by atoms with Crippen LogP contribution >= 0.6 is 11.6 Å². The second-order valence-electron chi connectivity index (χ2n) is 9.02. The van der Waals surface area contributed by atoms with Crippen LogP contribution in [0.3, 0.4) is 0 Å². The summed E-state index contributed by atoms with van der Waals surface area (Å²) in [6.45, 7) is 1.86. The summed E-state index contributed by atoms with van der Waals surface area (Å²) in [7, 11) is 0. The van der Waals surface area contributed by atoms with E-state index in [1.165, 1.54) is 18.6 Å². The average molecular weight is 545 g/mol. The third-order valence-corrected chi connectivity index (χ3v) is 6.90. The molecular formula is C31H21ClN6O2. The first-order valence-electron chi connectivity index (χ1n) is 12.5. The summed E-state index contributed by atoms with van der Waals surface area (Å²) in [6.07, 6.45) is 4.57. The molecular weight excluding hydrogens is 524 g/mol. The zero-order chi connectivity index (χ0) is 27.6. The van der Waals surface area contributed by atoms with Gasteiger partial charge in [0, 0.05) is 35.1 Å². The topological polar surface area (TPSA) is 106 Å². The summed E-state index contributed by atoms with van der Waals surface area (Å²) < 4.78 is 1.59. The third kappa shape index (κ3) is 4.49. The van der Waals surface area contributed by atoms with Crippen LogP contribution in [0.4, 0.5) is 5.82 Å². The van der Waals surface area contributed by atoms with Gasteiger partial charge in [0.05, 0.1) is 22.1 Å². The minimum absolute atomic E-state index is 0.231. The van der Waals surface area contributed by atoms with Crippen LogP contribution in [0, 0.1) is 11.8 Å². The number of aromatic amines is 1. The van der Waals surface area contributed by atoms with Gasteiger partial charge in [0.2, 0.25) is 0 Å². The number of hydrogen-bond acceptors (Lipinski definition) is 6. The largest absolute Gasteiger partial charge is 0.361 e. The van der Waals surface area contributed by atoms with Gasteiger partial charge in [-0.2, -0.15) is 0 Å². The molecule has 40 heavy (non-hydrogen) atoms. The molecule has 8 nitrogen and oxygen atoms in total. The van der Waals surface area contributed by atoms with Crippen LogP contribution in [0.1, 0.15) is 29.9 Å². The van der Waals surface area contributed by atoms with Crippen LogP contribution in [-0.4, -0.2) is 24.5 Å². The summed E-state index contributed by atoms with van der Waals surface area (Å²) in [4.78, 5) is 42.6. The molecule has 0 unspecified atom stereocenters. The summed E-state index contributed by atoms with van der Waals surface area (Å²) in [6, 6.07) is 21.0. The zero-order valence-electron chi connectivity index (χ0n) is 21.2. The Kier molecular flexibility index (Phi) is 6.56. The van der Waals surface area contributed by atoms with Gasteiger partial charge in [-0.05, 0) is 43.2 Å². The van der Waals surface area contributed by atoms with Crippen LogP contribution in [0.2, 0.25) is 5.02 Å². The van der Waals surface area contributed by atoms with E-state index in [4.69, 9.17) is 11.6 Å². The maximum atomic E-state index is 14.3. The molecule has 2 N–H and O–H groups in total. The SMILES string of the molecule is C[C@H](Nc1ncnc2[nH]ccc(=O)c12)c1c(Cl)c2cccc(C#Cc3ccccn3)c2c(=O)n1-c1ccccc1. The molecule has 2 aromatic carbocycles. The number of benzene rings is 2. The normalized spacial score (nSPS) is 11.7. The van der Waals surface area contributed by atoms with Gasteiger partial charge in [0.15, 0.2) is 5.43 Å². The summed E-state index contributed by atoms with van der Waals surface area (Å²) in [5.74, 6) is 6.48. The van der Waals surface area contributed by atoms with Crippen LogP contribution < -0.4 is 16.3 Å². The lowest BCUT2D eigenvalue weighted by Crippen LogP contribution is -2.27. The van der Waals surface area contributed by atoms with Crippen molar-refractivity contribution < 1.29 is 0 Å². The van der Waals surface area contributed by atoms with E-state index < -0.39 is 6.04 Å². The number of nitrogens with zero attached hydrogens (tertiary/aromatic N) is 4. The first kappa shape index (κ1) is 25.0. The zero-order valence-corrected chi connectivity index (χ0v) is 22.0. The number of rotatable bonds is 4. The van der Waals surface area contributed by atoms with Gasteiger partial charge < -0.3 is 10.3 Å². The first-order valence-corrected chi connectivity index (χ1v) is 12.9. The highest BCUT2D eigenvalue weighted by Crippen LogP contribution is 2.34. The van der Waals surface area contributed by atoms with Gasteiger partial charge in [0.25, 0.3) is 5.56 Å². The maximum Gasteiger partial charge on any atom is 0.264 e. The van der Waals surface area contributed by atoms with Gasteiger partial charge >= 0.3 is 0 Å². The predicted molar refractivity (Wildman–Crippen MR) is 157 cm³/mol. The molecule has 0 fully saturated rings. The highest BCUT2D eigenvalue weighted by molar-refractivity contribution is 6.36. The van der Waals surface area contributed by atoms with Crippen molar-refractivity contribution in [1.82, 2.24) is 24.5 Å². The average Bonchev–Trinajstić information content (AvgIpc) is 2.98. The molecule has 0 amide bonds. The van der Waals surface area contributed by atoms with E-state index in [1.807, 2.05) is 55.5 Å². The molecule has 6 aromatic rings. The van der Waals surface area contributed by atoms with E-state index in [1.54, 1.807) is 29.0 Å². The number of aromatic nitrogens is 5. The van der Waals surface area contributed by atoms with Crippen molar-refractivity contribution in [3.05, 3.63) is 134 Å². The molecule has 0 aliphatic carbocycles. The van der Waals surface area contributed by atoms with E-state index in [-0.39, 0.29) is 11.0 Å². The lowest BCUT2D eigenvalue weighted by molar-refractivity contribution is 0.774. The number of nitrogens with one attached hydrogen (secondary N) is 2. The van der Waals surface area contributed by atoms with Gasteiger partial charge in [0.1, 0.15) is 28.9 Å². The fourth-order valence-corrected chi connectivity index (χ4v) is 5.11. The van der Waals surface area contributed by atoms with Crippen molar-refractivity contribution in [2.24, 2.45) is 0 Å². The highest BCUT2D eigenvalue weighted by Gasteiger charge is 2.23. The minimum Gasteiger partial charge on any atom is -0.361 e. The molecule has 194 valence electrons. The Morgan fingerprint density at radius 3 is 2.52 bits per heavy atom. The third-order valence-electron chi connectivity index (χ3n) is 6.50. The first-order chi connectivity index (χ1) is 19.5. The Hall–Kier alpha value is -5.26. The standard InChI is InChI=1S/C31H21ClN6O2/c1-19(37-30-26-24(39)15-17-34-29(26)35-18-36-30)28-27(32)23-12-7-8-20(13-14-21-9-5-6-16-33-21)25(23)31(40)38(28)22-10-3-2-4-11-22/h2-12,15-19H,1H3,(H2,34,35,36,37,39)/t19-/m0/s1. The minimum atomic E-state index is -0.536. The summed E-state index contributed by atoms with van der Waals surface area (Å²) >= 11 is 7.11. The number of para-hydroxylation sites is 1. The number of fused-ring (bicyclic) bond motifs is 2. The number of H-pyrrole nitrogens is 1. The van der Waals surface area contributed by atoms with Crippen molar-refractivity contribution in [1.29, 1.82) is 0 Å². The molecule has 1 atom stereocenters. The van der Waals surface area contributed by atoms with E-state index in [0.717, 1.165) is 0 Å². The van der Waals surface area contributed by atoms with Gasteiger partial charge in [-0.15, -0.1) is 0 Å². The van der Waals surface area contributed by atoms with E-state index in [9.17, 15) is 9.59 Å². The Labute approximate surface area is 233 Å². The summed E-state index contributed by atoms with van der Waals surface area (Å²) in [5, 5.41) is 4.96. The Balaban J connectivity index is 1.58. The molecule has 0 saturated heterocycles. The molecule has 9 heteroatoms. The monoisotopic (exact) mass is 544 g/mol. The van der Waals surface area contributed by atoms with Crippen molar-refractivity contribution in [2.45, 2.75) is 13.0 Å². The highest BCUT2D eigenvalue weighted by atomic mass is 35.5. The quantitative estimate of drug-likeness (QED) is 0.294. The molecule has 0 spiro atoms. The fraction of sp³-hybridized carbons (Fsp3) is 0.0645. The van der Waals surface area contributed by atoms with Crippen molar-refractivity contribution >= 4 is 39.2 Å². The Morgan fingerprint density at radius 1 is 0.900 bits per heavy atom. The molecule has 0 saturated carbocycles. The predicted octanol–water partition coefficient (Wildman–Crippen LogP) is 5.24. The molecule has 4 aromatic heterocycles. The number of halogens is 1. The van der Waals surface area contributed by atoms with Crippen LogP contribution in [0.5, 0.6) is 0 Å². The van der Waals surface area contributed by atoms with Crippen molar-refractivity contribution in [3.63, 3.8) is 0 Å². The van der Waals surface area contributed by atoms with E-state index >= 15 is 0 Å².